The zero-order chi connectivity index (χ0) is 15.2. The van der Waals surface area contributed by atoms with Crippen molar-refractivity contribution in [2.75, 3.05) is 6.54 Å². The number of amides is 1. The molecule has 6 heteroatoms. The van der Waals surface area contributed by atoms with E-state index in [0.717, 1.165) is 29.2 Å². The van der Waals surface area contributed by atoms with Crippen molar-refractivity contribution in [3.8, 4) is 0 Å². The van der Waals surface area contributed by atoms with Gasteiger partial charge in [-0.05, 0) is 36.1 Å². The molecule has 0 spiro atoms. The van der Waals surface area contributed by atoms with Gasteiger partial charge in [-0.15, -0.1) is 21.5 Å². The molecular formula is C16H16N4OS. The zero-order valence-electron chi connectivity index (χ0n) is 12.0. The monoisotopic (exact) mass is 312 g/mol. The number of rotatable bonds is 6. The van der Waals surface area contributed by atoms with Gasteiger partial charge < -0.3 is 5.32 Å². The largest absolute Gasteiger partial charge is 0.353 e. The Morgan fingerprint density at radius 3 is 3.09 bits per heavy atom. The van der Waals surface area contributed by atoms with E-state index < -0.39 is 0 Å². The Labute approximate surface area is 132 Å². The van der Waals surface area contributed by atoms with Gasteiger partial charge in [0.15, 0.2) is 5.65 Å². The summed E-state index contributed by atoms with van der Waals surface area (Å²) in [7, 11) is 0. The van der Waals surface area contributed by atoms with Crippen LogP contribution in [0, 0.1) is 0 Å². The first kappa shape index (κ1) is 14.5. The van der Waals surface area contributed by atoms with E-state index in [9.17, 15) is 4.79 Å². The van der Waals surface area contributed by atoms with E-state index in [4.69, 9.17) is 0 Å². The lowest BCUT2D eigenvalue weighted by atomic mass is 10.3. The van der Waals surface area contributed by atoms with Crippen molar-refractivity contribution in [3.05, 3.63) is 58.7 Å². The number of thiophene rings is 1. The lowest BCUT2D eigenvalue weighted by Gasteiger charge is -2.01. The fourth-order valence-corrected chi connectivity index (χ4v) is 2.74. The smallest absolute Gasteiger partial charge is 0.244 e. The molecule has 0 saturated carbocycles. The minimum absolute atomic E-state index is 0.0699. The first-order valence-corrected chi connectivity index (χ1v) is 7.99. The zero-order valence-corrected chi connectivity index (χ0v) is 12.8. The highest BCUT2D eigenvalue weighted by Crippen LogP contribution is 2.09. The molecule has 3 aromatic heterocycles. The van der Waals surface area contributed by atoms with Gasteiger partial charge in [0, 0.05) is 30.1 Å². The van der Waals surface area contributed by atoms with Crippen LogP contribution in [0.2, 0.25) is 0 Å². The third kappa shape index (κ3) is 3.59. The molecule has 0 bridgehead atoms. The number of carbonyl (C=O) groups excluding carboxylic acids is 1. The summed E-state index contributed by atoms with van der Waals surface area (Å²) in [6, 6.07) is 9.76. The second-order valence-electron chi connectivity index (χ2n) is 4.79. The Hall–Kier alpha value is -2.47. The molecule has 0 aliphatic heterocycles. The maximum Gasteiger partial charge on any atom is 0.244 e. The molecule has 5 nitrogen and oxygen atoms in total. The minimum Gasteiger partial charge on any atom is -0.353 e. The van der Waals surface area contributed by atoms with Crippen LogP contribution in [0.3, 0.4) is 0 Å². The summed E-state index contributed by atoms with van der Waals surface area (Å²) in [5, 5.41) is 13.1. The van der Waals surface area contributed by atoms with Crippen LogP contribution in [0.15, 0.2) is 48.0 Å². The summed E-state index contributed by atoms with van der Waals surface area (Å²) in [4.78, 5) is 12.8. The first-order valence-electron chi connectivity index (χ1n) is 7.11. The van der Waals surface area contributed by atoms with Crippen molar-refractivity contribution >= 4 is 29.0 Å². The molecule has 3 rings (SSSR count). The average molecular weight is 312 g/mol. The third-order valence-electron chi connectivity index (χ3n) is 3.20. The maximum atomic E-state index is 11.7. The average Bonchev–Trinajstić information content (AvgIpc) is 3.19. The normalized spacial score (nSPS) is 11.3. The second-order valence-corrected chi connectivity index (χ2v) is 5.77. The van der Waals surface area contributed by atoms with Crippen LogP contribution in [0.5, 0.6) is 0 Å². The molecule has 22 heavy (non-hydrogen) atoms. The third-order valence-corrected chi connectivity index (χ3v) is 4.04. The van der Waals surface area contributed by atoms with Crippen molar-refractivity contribution < 1.29 is 4.79 Å². The summed E-state index contributed by atoms with van der Waals surface area (Å²) in [5.41, 5.74) is 0.848. The molecule has 0 atom stereocenters. The van der Waals surface area contributed by atoms with E-state index in [1.807, 2.05) is 52.4 Å². The summed E-state index contributed by atoms with van der Waals surface area (Å²) >= 11 is 1.61. The van der Waals surface area contributed by atoms with Crippen LogP contribution in [-0.2, 0) is 11.2 Å². The number of nitrogens with zero attached hydrogens (tertiary/aromatic N) is 3. The number of hydrogen-bond acceptors (Lipinski definition) is 4. The summed E-state index contributed by atoms with van der Waals surface area (Å²) in [5.74, 6) is 0.846. The van der Waals surface area contributed by atoms with Gasteiger partial charge in [-0.3, -0.25) is 9.20 Å². The molecule has 112 valence electrons. The molecular weight excluding hydrogens is 296 g/mol. The van der Waals surface area contributed by atoms with E-state index in [1.54, 1.807) is 17.4 Å². The van der Waals surface area contributed by atoms with E-state index in [0.29, 0.717) is 6.54 Å². The van der Waals surface area contributed by atoms with Crippen molar-refractivity contribution in [3.63, 3.8) is 0 Å². The fraction of sp³-hybridized carbons (Fsp3) is 0.188. The molecule has 0 saturated heterocycles. The maximum absolute atomic E-state index is 11.7. The van der Waals surface area contributed by atoms with Crippen LogP contribution < -0.4 is 5.32 Å². The molecule has 1 amide bonds. The standard InChI is InChI=1S/C16H16N4OS/c21-16(9-8-13-5-4-12-22-13)17-10-3-7-15-19-18-14-6-1-2-11-20(14)15/h1-2,4-6,8-9,11-12H,3,7,10H2,(H,17,21)/b9-8+. The quantitative estimate of drug-likeness (QED) is 0.562. The SMILES string of the molecule is O=C(/C=C/c1cccs1)NCCCc1nnc2ccccn12. The predicted octanol–water partition coefficient (Wildman–Crippen LogP) is 2.55. The summed E-state index contributed by atoms with van der Waals surface area (Å²) in [6.45, 7) is 0.620. The molecule has 0 aromatic carbocycles. The predicted molar refractivity (Wildman–Crippen MR) is 87.7 cm³/mol. The molecule has 0 radical (unpaired) electrons. The van der Waals surface area contributed by atoms with Crippen molar-refractivity contribution in [2.45, 2.75) is 12.8 Å². The van der Waals surface area contributed by atoms with Gasteiger partial charge in [0.05, 0.1) is 0 Å². The van der Waals surface area contributed by atoms with E-state index in [2.05, 4.69) is 15.5 Å². The van der Waals surface area contributed by atoms with Crippen LogP contribution in [0.4, 0.5) is 0 Å². The minimum atomic E-state index is -0.0699. The number of hydrogen-bond donors (Lipinski definition) is 1. The molecule has 1 N–H and O–H groups in total. The second kappa shape index (κ2) is 7.00. The number of aryl methyl sites for hydroxylation is 1. The van der Waals surface area contributed by atoms with Gasteiger partial charge in [-0.1, -0.05) is 12.1 Å². The van der Waals surface area contributed by atoms with Crippen LogP contribution in [0.1, 0.15) is 17.1 Å². The molecule has 3 aromatic rings. The van der Waals surface area contributed by atoms with Gasteiger partial charge in [-0.25, -0.2) is 0 Å². The van der Waals surface area contributed by atoms with Crippen molar-refractivity contribution in [1.82, 2.24) is 19.9 Å². The van der Waals surface area contributed by atoms with Gasteiger partial charge in [0.25, 0.3) is 0 Å². The molecule has 0 aliphatic rings. The molecule has 0 aliphatic carbocycles. The highest BCUT2D eigenvalue weighted by atomic mass is 32.1. The first-order chi connectivity index (χ1) is 10.8. The Bertz CT molecular complexity index is 776. The number of carbonyl (C=O) groups is 1. The van der Waals surface area contributed by atoms with E-state index in [1.165, 1.54) is 0 Å². The topological polar surface area (TPSA) is 59.3 Å². The number of aromatic nitrogens is 3. The van der Waals surface area contributed by atoms with E-state index >= 15 is 0 Å². The van der Waals surface area contributed by atoms with Gasteiger partial charge in [-0.2, -0.15) is 0 Å². The summed E-state index contributed by atoms with van der Waals surface area (Å²) in [6.07, 6.45) is 6.95. The lowest BCUT2D eigenvalue weighted by Crippen LogP contribution is -2.22. The molecule has 3 heterocycles. The Balaban J connectivity index is 1.44. The van der Waals surface area contributed by atoms with E-state index in [-0.39, 0.29) is 5.91 Å². The number of fused-ring (bicyclic) bond motifs is 1. The van der Waals surface area contributed by atoms with Crippen LogP contribution in [0.25, 0.3) is 11.7 Å². The Kier molecular flexibility index (Phi) is 4.60. The van der Waals surface area contributed by atoms with Crippen molar-refractivity contribution in [1.29, 1.82) is 0 Å². The molecule has 0 fully saturated rings. The molecule has 0 unspecified atom stereocenters. The van der Waals surface area contributed by atoms with Gasteiger partial charge in [0.2, 0.25) is 5.91 Å². The Morgan fingerprint density at radius 2 is 2.23 bits per heavy atom. The van der Waals surface area contributed by atoms with Crippen molar-refractivity contribution in [2.24, 2.45) is 0 Å². The fourth-order valence-electron chi connectivity index (χ4n) is 2.12. The van der Waals surface area contributed by atoms with Gasteiger partial charge >= 0.3 is 0 Å². The number of pyridine rings is 1. The highest BCUT2D eigenvalue weighted by molar-refractivity contribution is 7.10. The van der Waals surface area contributed by atoms with Crippen LogP contribution in [-0.4, -0.2) is 27.0 Å². The Morgan fingerprint density at radius 1 is 1.27 bits per heavy atom. The number of nitrogens with one attached hydrogen (secondary N) is 1. The lowest BCUT2D eigenvalue weighted by molar-refractivity contribution is -0.116. The van der Waals surface area contributed by atoms with Crippen LogP contribution >= 0.6 is 11.3 Å². The highest BCUT2D eigenvalue weighted by Gasteiger charge is 2.04. The summed E-state index contributed by atoms with van der Waals surface area (Å²) < 4.78 is 1.97. The van der Waals surface area contributed by atoms with Gasteiger partial charge in [0.1, 0.15) is 5.82 Å².